The van der Waals surface area contributed by atoms with E-state index >= 15 is 0 Å². The van der Waals surface area contributed by atoms with Gasteiger partial charge in [0, 0.05) is 6.54 Å². The van der Waals surface area contributed by atoms with E-state index in [1.807, 2.05) is 13.8 Å². The predicted molar refractivity (Wildman–Crippen MR) is 64.7 cm³/mol. The van der Waals surface area contributed by atoms with Crippen LogP contribution in [-0.2, 0) is 0 Å². The summed E-state index contributed by atoms with van der Waals surface area (Å²) in [5, 5.41) is 3.06. The Bertz CT molecular complexity index is 346. The van der Waals surface area contributed by atoms with Gasteiger partial charge in [0.15, 0.2) is 5.96 Å². The van der Waals surface area contributed by atoms with Gasteiger partial charge in [0.25, 0.3) is 0 Å². The highest BCUT2D eigenvalue weighted by Crippen LogP contribution is 2.12. The topological polar surface area (TPSA) is 50.4 Å². The maximum atomic E-state index is 12.7. The first kappa shape index (κ1) is 12.5. The van der Waals surface area contributed by atoms with E-state index in [-0.39, 0.29) is 11.9 Å². The second-order valence-corrected chi connectivity index (χ2v) is 3.68. The monoisotopic (exact) mass is 223 g/mol. The van der Waals surface area contributed by atoms with E-state index in [9.17, 15) is 4.39 Å². The summed E-state index contributed by atoms with van der Waals surface area (Å²) >= 11 is 0. The Morgan fingerprint density at radius 2 is 2.06 bits per heavy atom. The number of benzene rings is 1. The number of halogens is 1. The van der Waals surface area contributed by atoms with Gasteiger partial charge >= 0.3 is 0 Å². The molecule has 0 saturated heterocycles. The van der Waals surface area contributed by atoms with Crippen LogP contribution in [0.1, 0.15) is 31.9 Å². The highest BCUT2D eigenvalue weighted by Gasteiger charge is 2.05. The van der Waals surface area contributed by atoms with Gasteiger partial charge in [-0.05, 0) is 31.0 Å². The average molecular weight is 223 g/mol. The van der Waals surface area contributed by atoms with Crippen LogP contribution in [0.4, 0.5) is 4.39 Å². The van der Waals surface area contributed by atoms with E-state index in [1.165, 1.54) is 12.1 Å². The highest BCUT2D eigenvalue weighted by atomic mass is 19.1. The fraction of sp³-hybridized carbons (Fsp3) is 0.417. The van der Waals surface area contributed by atoms with Crippen molar-refractivity contribution in [2.75, 3.05) is 6.54 Å². The van der Waals surface area contributed by atoms with Crippen molar-refractivity contribution < 1.29 is 4.39 Å². The predicted octanol–water partition coefficient (Wildman–Crippen LogP) is 2.20. The first-order valence-corrected chi connectivity index (χ1v) is 5.45. The summed E-state index contributed by atoms with van der Waals surface area (Å²) in [6, 6.07) is 6.38. The summed E-state index contributed by atoms with van der Waals surface area (Å²) < 4.78 is 12.7. The molecule has 0 spiro atoms. The van der Waals surface area contributed by atoms with Gasteiger partial charge in [-0.25, -0.2) is 4.39 Å². The number of hydrogen-bond acceptors (Lipinski definition) is 1. The lowest BCUT2D eigenvalue weighted by Gasteiger charge is -2.14. The van der Waals surface area contributed by atoms with Gasteiger partial charge < -0.3 is 11.1 Å². The van der Waals surface area contributed by atoms with Crippen molar-refractivity contribution in [2.24, 2.45) is 10.7 Å². The number of nitrogens with zero attached hydrogens (tertiary/aromatic N) is 1. The number of rotatable bonds is 4. The van der Waals surface area contributed by atoms with E-state index in [4.69, 9.17) is 5.73 Å². The molecule has 0 aromatic heterocycles. The maximum absolute atomic E-state index is 12.7. The van der Waals surface area contributed by atoms with Gasteiger partial charge in [0.2, 0.25) is 0 Å². The minimum Gasteiger partial charge on any atom is -0.370 e. The molecule has 16 heavy (non-hydrogen) atoms. The standard InChI is InChI=1S/C12H18FN3/c1-3-8-15-12(14)16-9(2)10-4-6-11(13)7-5-10/h4-7,9H,3,8H2,1-2H3,(H3,14,15,16). The van der Waals surface area contributed by atoms with Crippen molar-refractivity contribution in [3.05, 3.63) is 35.6 Å². The molecule has 0 aliphatic heterocycles. The average Bonchev–Trinajstić information content (AvgIpc) is 2.27. The zero-order valence-electron chi connectivity index (χ0n) is 9.70. The molecule has 0 fully saturated rings. The fourth-order valence-electron chi connectivity index (χ4n) is 1.33. The summed E-state index contributed by atoms with van der Waals surface area (Å²) in [5.74, 6) is 0.197. The van der Waals surface area contributed by atoms with Crippen LogP contribution in [0.2, 0.25) is 0 Å². The quantitative estimate of drug-likeness (QED) is 0.607. The third kappa shape index (κ3) is 3.88. The lowest BCUT2D eigenvalue weighted by atomic mass is 10.1. The van der Waals surface area contributed by atoms with E-state index < -0.39 is 0 Å². The Balaban J connectivity index is 2.58. The Kier molecular flexibility index (Phi) is 4.76. The lowest BCUT2D eigenvalue weighted by Crippen LogP contribution is -2.33. The normalized spacial score (nSPS) is 13.6. The number of nitrogens with two attached hydrogens (primary N) is 1. The molecule has 0 heterocycles. The van der Waals surface area contributed by atoms with Crippen molar-refractivity contribution in [1.29, 1.82) is 0 Å². The molecule has 0 radical (unpaired) electrons. The molecule has 0 bridgehead atoms. The van der Waals surface area contributed by atoms with Crippen LogP contribution in [0, 0.1) is 5.82 Å². The lowest BCUT2D eigenvalue weighted by molar-refractivity contribution is 0.624. The zero-order chi connectivity index (χ0) is 12.0. The Labute approximate surface area is 95.6 Å². The Morgan fingerprint density at radius 1 is 1.44 bits per heavy atom. The van der Waals surface area contributed by atoms with Crippen LogP contribution < -0.4 is 11.1 Å². The second-order valence-electron chi connectivity index (χ2n) is 3.68. The molecule has 1 aromatic carbocycles. The van der Waals surface area contributed by atoms with Crippen molar-refractivity contribution in [1.82, 2.24) is 5.32 Å². The molecule has 0 saturated carbocycles. The van der Waals surface area contributed by atoms with Gasteiger partial charge in [0.1, 0.15) is 5.82 Å². The molecular formula is C12H18FN3. The molecule has 1 unspecified atom stereocenters. The van der Waals surface area contributed by atoms with Gasteiger partial charge in [-0.15, -0.1) is 0 Å². The van der Waals surface area contributed by atoms with Gasteiger partial charge in [-0.2, -0.15) is 0 Å². The Morgan fingerprint density at radius 3 is 2.62 bits per heavy atom. The minimum atomic E-state index is -0.233. The molecule has 1 aromatic rings. The molecule has 1 rings (SSSR count). The molecule has 4 heteroatoms. The SMILES string of the molecule is CCCN=C(N)NC(C)c1ccc(F)cc1. The summed E-state index contributed by atoms with van der Waals surface area (Å²) in [7, 11) is 0. The van der Waals surface area contributed by atoms with Gasteiger partial charge in [-0.3, -0.25) is 4.99 Å². The summed E-state index contributed by atoms with van der Waals surface area (Å²) in [6.45, 7) is 4.72. The molecular weight excluding hydrogens is 205 g/mol. The van der Waals surface area contributed by atoms with E-state index in [1.54, 1.807) is 12.1 Å². The van der Waals surface area contributed by atoms with Crippen molar-refractivity contribution in [2.45, 2.75) is 26.3 Å². The van der Waals surface area contributed by atoms with E-state index in [0.29, 0.717) is 5.96 Å². The van der Waals surface area contributed by atoms with Crippen LogP contribution >= 0.6 is 0 Å². The summed E-state index contributed by atoms with van der Waals surface area (Å²) in [6.07, 6.45) is 0.966. The van der Waals surface area contributed by atoms with Crippen LogP contribution in [0.25, 0.3) is 0 Å². The molecule has 0 amide bonds. The molecule has 1 atom stereocenters. The van der Waals surface area contributed by atoms with Crippen molar-refractivity contribution in [3.63, 3.8) is 0 Å². The van der Waals surface area contributed by atoms with Gasteiger partial charge in [0.05, 0.1) is 6.04 Å². The van der Waals surface area contributed by atoms with Crippen LogP contribution in [-0.4, -0.2) is 12.5 Å². The van der Waals surface area contributed by atoms with E-state index in [2.05, 4.69) is 10.3 Å². The van der Waals surface area contributed by atoms with E-state index in [0.717, 1.165) is 18.5 Å². The van der Waals surface area contributed by atoms with Crippen LogP contribution in [0.5, 0.6) is 0 Å². The number of hydrogen-bond donors (Lipinski definition) is 2. The minimum absolute atomic E-state index is 0.0289. The number of aliphatic imine (C=N–C) groups is 1. The molecule has 3 N–H and O–H groups in total. The first-order chi connectivity index (χ1) is 7.63. The summed E-state index contributed by atoms with van der Waals surface area (Å²) in [5.41, 5.74) is 6.68. The highest BCUT2D eigenvalue weighted by molar-refractivity contribution is 5.78. The Hall–Kier alpha value is -1.58. The van der Waals surface area contributed by atoms with Crippen LogP contribution in [0.3, 0.4) is 0 Å². The zero-order valence-corrected chi connectivity index (χ0v) is 9.70. The first-order valence-electron chi connectivity index (χ1n) is 5.45. The van der Waals surface area contributed by atoms with Crippen LogP contribution in [0.15, 0.2) is 29.3 Å². The molecule has 3 nitrogen and oxygen atoms in total. The third-order valence-electron chi connectivity index (χ3n) is 2.24. The maximum Gasteiger partial charge on any atom is 0.189 e. The molecule has 0 aliphatic carbocycles. The van der Waals surface area contributed by atoms with Crippen molar-refractivity contribution >= 4 is 5.96 Å². The number of guanidine groups is 1. The smallest absolute Gasteiger partial charge is 0.189 e. The summed E-state index contributed by atoms with van der Waals surface area (Å²) in [4.78, 5) is 4.13. The molecule has 0 aliphatic rings. The largest absolute Gasteiger partial charge is 0.370 e. The molecule has 88 valence electrons. The second kappa shape index (κ2) is 6.10. The fourth-order valence-corrected chi connectivity index (χ4v) is 1.33. The number of nitrogens with one attached hydrogen (secondary N) is 1. The third-order valence-corrected chi connectivity index (χ3v) is 2.24. The van der Waals surface area contributed by atoms with Crippen molar-refractivity contribution in [3.8, 4) is 0 Å². The van der Waals surface area contributed by atoms with Gasteiger partial charge in [-0.1, -0.05) is 19.1 Å².